The molecule has 0 bridgehead atoms. The van der Waals surface area contributed by atoms with Crippen LogP contribution in [0.5, 0.6) is 0 Å². The normalized spacial score (nSPS) is 12.7. The fourth-order valence-electron chi connectivity index (χ4n) is 1.33. The second-order valence-corrected chi connectivity index (χ2v) is 6.50. The summed E-state index contributed by atoms with van der Waals surface area (Å²) < 4.78 is 61.0. The highest BCUT2D eigenvalue weighted by Crippen LogP contribution is 2.35. The minimum atomic E-state index is -4.77. The quantitative estimate of drug-likeness (QED) is 0.635. The van der Waals surface area contributed by atoms with E-state index in [1.165, 1.54) is 13.8 Å². The van der Waals surface area contributed by atoms with Gasteiger partial charge in [-0.25, -0.2) is 8.42 Å². The Morgan fingerprint density at radius 2 is 1.79 bits per heavy atom. The summed E-state index contributed by atoms with van der Waals surface area (Å²) in [6, 6.07) is 1.37. The van der Waals surface area contributed by atoms with Crippen molar-refractivity contribution in [2.75, 3.05) is 0 Å². The molecule has 0 saturated carbocycles. The Balaban J connectivity index is 3.58. The fraction of sp³-hybridized carbons (Fsp3) is 0.400. The number of rotatable bonds is 3. The molecule has 0 aliphatic rings. The van der Waals surface area contributed by atoms with Crippen molar-refractivity contribution in [1.29, 1.82) is 0 Å². The lowest BCUT2D eigenvalue weighted by Crippen LogP contribution is -2.16. The first-order valence-electron chi connectivity index (χ1n) is 5.07. The number of sulfone groups is 1. The molecule has 0 amide bonds. The van der Waals surface area contributed by atoms with Gasteiger partial charge in [-0.1, -0.05) is 0 Å². The number of alkyl halides is 3. The maximum atomic E-state index is 12.4. The number of hydrogen-bond donors (Lipinski definition) is 0. The zero-order chi connectivity index (χ0) is 15.0. The second-order valence-electron chi connectivity index (χ2n) is 4.03. The highest BCUT2D eigenvalue weighted by Gasteiger charge is 2.35. The van der Waals surface area contributed by atoms with Crippen LogP contribution in [0, 0.1) is 10.1 Å². The third-order valence-corrected chi connectivity index (χ3v) is 4.61. The van der Waals surface area contributed by atoms with Gasteiger partial charge < -0.3 is 0 Å². The Kier molecular flexibility index (Phi) is 3.89. The molecule has 9 heteroatoms. The molecule has 0 aromatic heterocycles. The Morgan fingerprint density at radius 1 is 1.26 bits per heavy atom. The second kappa shape index (κ2) is 4.80. The summed E-state index contributed by atoms with van der Waals surface area (Å²) in [6.07, 6.45) is -4.77. The van der Waals surface area contributed by atoms with E-state index in [1.807, 2.05) is 0 Å². The highest BCUT2D eigenvalue weighted by molar-refractivity contribution is 7.92. The number of nitrogens with zero attached hydrogens (tertiary/aromatic N) is 1. The van der Waals surface area contributed by atoms with Gasteiger partial charge in [0.2, 0.25) is 0 Å². The van der Waals surface area contributed by atoms with Gasteiger partial charge in [-0.05, 0) is 26.0 Å². The van der Waals surface area contributed by atoms with Crippen LogP contribution in [0.25, 0.3) is 0 Å². The zero-order valence-corrected chi connectivity index (χ0v) is 10.7. The number of nitro benzene ring substituents is 1. The molecular weight excluding hydrogens is 287 g/mol. The van der Waals surface area contributed by atoms with Gasteiger partial charge in [-0.15, -0.1) is 0 Å². The minimum absolute atomic E-state index is 0.231. The molecule has 0 heterocycles. The van der Waals surface area contributed by atoms with Crippen molar-refractivity contribution in [2.24, 2.45) is 0 Å². The van der Waals surface area contributed by atoms with E-state index in [0.29, 0.717) is 12.1 Å². The van der Waals surface area contributed by atoms with Crippen LogP contribution >= 0.6 is 0 Å². The average molecular weight is 297 g/mol. The summed E-state index contributed by atoms with van der Waals surface area (Å²) in [5, 5.41) is 9.77. The molecule has 1 aromatic rings. The predicted octanol–water partition coefficient (Wildman–Crippen LogP) is 2.80. The molecule has 0 saturated heterocycles. The van der Waals surface area contributed by atoms with Crippen molar-refractivity contribution in [2.45, 2.75) is 30.2 Å². The van der Waals surface area contributed by atoms with Gasteiger partial charge in [0.05, 0.1) is 15.7 Å². The number of hydrogen-bond acceptors (Lipinski definition) is 4. The van der Waals surface area contributed by atoms with Crippen LogP contribution in [-0.4, -0.2) is 18.6 Å². The molecule has 0 N–H and O–H groups in total. The molecule has 0 atom stereocenters. The third kappa shape index (κ3) is 3.03. The molecule has 0 aliphatic heterocycles. The van der Waals surface area contributed by atoms with Gasteiger partial charge in [0, 0.05) is 6.07 Å². The van der Waals surface area contributed by atoms with Crippen LogP contribution in [0.2, 0.25) is 0 Å². The van der Waals surface area contributed by atoms with E-state index in [-0.39, 0.29) is 6.07 Å². The van der Waals surface area contributed by atoms with Crippen LogP contribution in [0.1, 0.15) is 19.4 Å². The largest absolute Gasteiger partial charge is 0.416 e. The molecule has 19 heavy (non-hydrogen) atoms. The molecule has 0 unspecified atom stereocenters. The summed E-state index contributed by atoms with van der Waals surface area (Å²) >= 11 is 0. The molecule has 0 radical (unpaired) electrons. The summed E-state index contributed by atoms with van der Waals surface area (Å²) in [4.78, 5) is 8.90. The van der Waals surface area contributed by atoms with E-state index in [4.69, 9.17) is 0 Å². The van der Waals surface area contributed by atoms with Crippen molar-refractivity contribution in [3.8, 4) is 0 Å². The van der Waals surface area contributed by atoms with Crippen LogP contribution < -0.4 is 0 Å². The monoisotopic (exact) mass is 297 g/mol. The first-order valence-corrected chi connectivity index (χ1v) is 6.62. The van der Waals surface area contributed by atoms with Crippen molar-refractivity contribution in [3.05, 3.63) is 33.9 Å². The minimum Gasteiger partial charge on any atom is -0.258 e. The van der Waals surface area contributed by atoms with Crippen LogP contribution in [0.3, 0.4) is 0 Å². The Bertz CT molecular complexity index is 608. The third-order valence-electron chi connectivity index (χ3n) is 2.41. The molecule has 1 aromatic carbocycles. The molecule has 0 aliphatic carbocycles. The van der Waals surface area contributed by atoms with Crippen molar-refractivity contribution >= 4 is 15.5 Å². The molecular formula is C10H10F3NO4S. The van der Waals surface area contributed by atoms with Gasteiger partial charge in [0.25, 0.3) is 5.69 Å². The summed E-state index contributed by atoms with van der Waals surface area (Å²) in [5.41, 5.74) is -2.33. The van der Waals surface area contributed by atoms with E-state index in [1.54, 1.807) is 0 Å². The van der Waals surface area contributed by atoms with E-state index in [9.17, 15) is 31.7 Å². The van der Waals surface area contributed by atoms with Gasteiger partial charge >= 0.3 is 6.18 Å². The maximum absolute atomic E-state index is 12.4. The first kappa shape index (κ1) is 15.4. The predicted molar refractivity (Wildman–Crippen MR) is 60.4 cm³/mol. The lowest BCUT2D eigenvalue weighted by molar-refractivity contribution is -0.388. The first-order chi connectivity index (χ1) is 8.48. The molecule has 5 nitrogen and oxygen atoms in total. The molecule has 0 fully saturated rings. The smallest absolute Gasteiger partial charge is 0.258 e. The molecule has 0 spiro atoms. The van der Waals surface area contributed by atoms with Crippen LogP contribution in [-0.2, 0) is 16.0 Å². The zero-order valence-electron chi connectivity index (χ0n) is 9.93. The summed E-state index contributed by atoms with van der Waals surface area (Å²) in [6.45, 7) is 2.58. The highest BCUT2D eigenvalue weighted by atomic mass is 32.2. The molecule has 106 valence electrons. The Labute approximate surface area is 107 Å². The SMILES string of the molecule is CC(C)S(=O)(=O)c1ccc(C(F)(F)F)cc1[N+](=O)[O-]. The van der Waals surface area contributed by atoms with E-state index in [2.05, 4.69) is 0 Å². The van der Waals surface area contributed by atoms with Gasteiger partial charge in [0.15, 0.2) is 9.84 Å². The topological polar surface area (TPSA) is 77.3 Å². The van der Waals surface area contributed by atoms with Crippen molar-refractivity contribution in [1.82, 2.24) is 0 Å². The van der Waals surface area contributed by atoms with Crippen LogP contribution in [0.15, 0.2) is 23.1 Å². The Hall–Kier alpha value is -1.64. The maximum Gasteiger partial charge on any atom is 0.416 e. The standard InChI is InChI=1S/C10H10F3NO4S/c1-6(2)19(17,18)9-4-3-7(10(11,12)13)5-8(9)14(15)16/h3-6H,1-2H3. The number of halogens is 3. The van der Waals surface area contributed by atoms with E-state index in [0.717, 1.165) is 0 Å². The van der Waals surface area contributed by atoms with Crippen LogP contribution in [0.4, 0.5) is 18.9 Å². The summed E-state index contributed by atoms with van der Waals surface area (Å²) in [5.74, 6) is 0. The lowest BCUT2D eigenvalue weighted by Gasteiger charge is -2.11. The number of benzene rings is 1. The lowest BCUT2D eigenvalue weighted by atomic mass is 10.2. The van der Waals surface area contributed by atoms with E-state index >= 15 is 0 Å². The molecule has 1 rings (SSSR count). The van der Waals surface area contributed by atoms with Gasteiger partial charge in [-0.2, -0.15) is 13.2 Å². The van der Waals surface area contributed by atoms with Crippen molar-refractivity contribution < 1.29 is 26.5 Å². The summed E-state index contributed by atoms with van der Waals surface area (Å²) in [7, 11) is -4.02. The Morgan fingerprint density at radius 3 is 2.16 bits per heavy atom. The average Bonchev–Trinajstić information content (AvgIpc) is 2.26. The van der Waals surface area contributed by atoms with Gasteiger partial charge in [-0.3, -0.25) is 10.1 Å². The fourth-order valence-corrected chi connectivity index (χ4v) is 2.52. The van der Waals surface area contributed by atoms with E-state index < -0.39 is 42.3 Å². The number of nitro groups is 1. The van der Waals surface area contributed by atoms with Crippen molar-refractivity contribution in [3.63, 3.8) is 0 Å². The van der Waals surface area contributed by atoms with Gasteiger partial charge in [0.1, 0.15) is 4.90 Å².